The maximum absolute atomic E-state index is 5.47. The molecule has 0 unspecified atom stereocenters. The minimum Gasteiger partial charge on any atom is -0.385 e. The van der Waals surface area contributed by atoms with E-state index >= 15 is 0 Å². The van der Waals surface area contributed by atoms with Crippen molar-refractivity contribution in [3.8, 4) is 0 Å². The summed E-state index contributed by atoms with van der Waals surface area (Å²) >= 11 is 0. The molecule has 3 heteroatoms. The van der Waals surface area contributed by atoms with Gasteiger partial charge in [0.05, 0.1) is 0 Å². The molecule has 0 bridgehead atoms. The number of nitrogens with two attached hydrogens (primary N) is 1. The van der Waals surface area contributed by atoms with Crippen LogP contribution in [-0.4, -0.2) is 26.2 Å². The van der Waals surface area contributed by atoms with Crippen LogP contribution in [0.15, 0.2) is 24.3 Å². The second kappa shape index (κ2) is 7.27. The molecule has 1 heterocycles. The summed E-state index contributed by atoms with van der Waals surface area (Å²) in [7, 11) is 0. The van der Waals surface area contributed by atoms with E-state index < -0.39 is 0 Å². The van der Waals surface area contributed by atoms with E-state index in [4.69, 9.17) is 5.73 Å². The van der Waals surface area contributed by atoms with Crippen molar-refractivity contribution in [3.05, 3.63) is 24.3 Å². The van der Waals surface area contributed by atoms with Crippen LogP contribution in [0.1, 0.15) is 32.1 Å². The van der Waals surface area contributed by atoms with E-state index in [2.05, 4.69) is 34.5 Å². The molecule has 1 fully saturated rings. The molecular weight excluding hydrogens is 222 g/mol. The Kier molecular flexibility index (Phi) is 5.34. The van der Waals surface area contributed by atoms with Crippen LogP contribution < -0.4 is 16.0 Å². The molecule has 1 aromatic carbocycles. The van der Waals surface area contributed by atoms with Gasteiger partial charge in [-0.15, -0.1) is 0 Å². The normalized spacial score (nSPS) is 15.1. The molecule has 18 heavy (non-hydrogen) atoms. The minimum atomic E-state index is 0.810. The summed E-state index contributed by atoms with van der Waals surface area (Å²) in [5, 5.41) is 3.46. The third-order valence-electron chi connectivity index (χ3n) is 3.55. The molecule has 1 aliphatic rings. The van der Waals surface area contributed by atoms with Crippen molar-refractivity contribution < 1.29 is 0 Å². The van der Waals surface area contributed by atoms with E-state index in [-0.39, 0.29) is 0 Å². The van der Waals surface area contributed by atoms with Crippen LogP contribution in [-0.2, 0) is 0 Å². The van der Waals surface area contributed by atoms with E-state index in [1.54, 1.807) is 0 Å². The highest BCUT2D eigenvalue weighted by Crippen LogP contribution is 2.21. The first kappa shape index (κ1) is 13.2. The average molecular weight is 247 g/mol. The van der Waals surface area contributed by atoms with Crippen LogP contribution in [0.4, 0.5) is 11.4 Å². The fraction of sp³-hybridized carbons (Fsp3) is 0.600. The number of hydrogen-bond donors (Lipinski definition) is 2. The SMILES string of the molecule is NCCCCCNc1ccc(N2CCCC2)cc1. The lowest BCUT2D eigenvalue weighted by Crippen LogP contribution is -2.17. The zero-order valence-electron chi connectivity index (χ0n) is 11.2. The minimum absolute atomic E-state index is 0.810. The van der Waals surface area contributed by atoms with Crippen molar-refractivity contribution in [2.24, 2.45) is 5.73 Å². The van der Waals surface area contributed by atoms with Crippen LogP contribution in [0, 0.1) is 0 Å². The lowest BCUT2D eigenvalue weighted by atomic mass is 10.2. The van der Waals surface area contributed by atoms with E-state index in [9.17, 15) is 0 Å². The van der Waals surface area contributed by atoms with Gasteiger partial charge in [-0.25, -0.2) is 0 Å². The van der Waals surface area contributed by atoms with Gasteiger partial charge in [0.25, 0.3) is 0 Å². The molecule has 3 N–H and O–H groups in total. The first-order valence-corrected chi connectivity index (χ1v) is 7.19. The Balaban J connectivity index is 1.73. The van der Waals surface area contributed by atoms with Crippen LogP contribution in [0.5, 0.6) is 0 Å². The van der Waals surface area contributed by atoms with Crippen LogP contribution >= 0.6 is 0 Å². The molecule has 0 atom stereocenters. The second-order valence-corrected chi connectivity index (χ2v) is 5.02. The first-order chi connectivity index (χ1) is 8.90. The summed E-state index contributed by atoms with van der Waals surface area (Å²) in [5.41, 5.74) is 8.06. The van der Waals surface area contributed by atoms with Gasteiger partial charge in [0.1, 0.15) is 0 Å². The fourth-order valence-electron chi connectivity index (χ4n) is 2.44. The Morgan fingerprint density at radius 3 is 2.39 bits per heavy atom. The van der Waals surface area contributed by atoms with Crippen LogP contribution in [0.25, 0.3) is 0 Å². The Bertz CT molecular complexity index is 328. The van der Waals surface area contributed by atoms with Crippen molar-refractivity contribution in [2.45, 2.75) is 32.1 Å². The molecule has 3 nitrogen and oxygen atoms in total. The fourth-order valence-corrected chi connectivity index (χ4v) is 2.44. The highest BCUT2D eigenvalue weighted by molar-refractivity contribution is 5.55. The Hall–Kier alpha value is -1.22. The van der Waals surface area contributed by atoms with E-state index in [0.717, 1.165) is 19.5 Å². The predicted molar refractivity (Wildman–Crippen MR) is 79.3 cm³/mol. The van der Waals surface area contributed by atoms with Crippen molar-refractivity contribution in [1.82, 2.24) is 0 Å². The largest absolute Gasteiger partial charge is 0.385 e. The van der Waals surface area contributed by atoms with Gasteiger partial charge in [0.2, 0.25) is 0 Å². The summed E-state index contributed by atoms with van der Waals surface area (Å²) in [6.07, 6.45) is 6.22. The highest BCUT2D eigenvalue weighted by atomic mass is 15.1. The third kappa shape index (κ3) is 3.91. The molecule has 0 aromatic heterocycles. The van der Waals surface area contributed by atoms with Crippen molar-refractivity contribution in [2.75, 3.05) is 36.4 Å². The van der Waals surface area contributed by atoms with Gasteiger partial charge in [-0.2, -0.15) is 0 Å². The third-order valence-corrected chi connectivity index (χ3v) is 3.55. The molecule has 0 spiro atoms. The van der Waals surface area contributed by atoms with E-state index in [1.807, 2.05) is 0 Å². The Morgan fingerprint density at radius 2 is 1.72 bits per heavy atom. The molecule has 1 saturated heterocycles. The van der Waals surface area contributed by atoms with Gasteiger partial charge in [-0.3, -0.25) is 0 Å². The second-order valence-electron chi connectivity index (χ2n) is 5.02. The number of anilines is 2. The molecule has 1 aliphatic heterocycles. The summed E-state index contributed by atoms with van der Waals surface area (Å²) in [5.74, 6) is 0. The van der Waals surface area contributed by atoms with Gasteiger partial charge >= 0.3 is 0 Å². The standard InChI is InChI=1S/C15H25N3/c16-10-2-1-3-11-17-14-6-8-15(9-7-14)18-12-4-5-13-18/h6-9,17H,1-5,10-13,16H2. The maximum atomic E-state index is 5.47. The van der Waals surface area contributed by atoms with Gasteiger partial charge < -0.3 is 16.0 Å². The number of nitrogens with zero attached hydrogens (tertiary/aromatic N) is 1. The molecule has 100 valence electrons. The van der Waals surface area contributed by atoms with Crippen molar-refractivity contribution in [1.29, 1.82) is 0 Å². The lowest BCUT2D eigenvalue weighted by Gasteiger charge is -2.18. The summed E-state index contributed by atoms with van der Waals surface area (Å²) < 4.78 is 0. The summed E-state index contributed by atoms with van der Waals surface area (Å²) in [6, 6.07) is 8.84. The van der Waals surface area contributed by atoms with Gasteiger partial charge in [-0.1, -0.05) is 6.42 Å². The van der Waals surface area contributed by atoms with Gasteiger partial charge in [0, 0.05) is 31.0 Å². The van der Waals surface area contributed by atoms with E-state index in [0.29, 0.717) is 0 Å². The smallest absolute Gasteiger partial charge is 0.0367 e. The lowest BCUT2D eigenvalue weighted by molar-refractivity contribution is 0.707. The molecule has 0 aliphatic carbocycles. The highest BCUT2D eigenvalue weighted by Gasteiger charge is 2.11. The zero-order chi connectivity index (χ0) is 12.6. The Labute approximate surface area is 110 Å². The van der Waals surface area contributed by atoms with Gasteiger partial charge in [0.15, 0.2) is 0 Å². The topological polar surface area (TPSA) is 41.3 Å². The van der Waals surface area contributed by atoms with Crippen LogP contribution in [0.2, 0.25) is 0 Å². The van der Waals surface area contributed by atoms with Crippen LogP contribution in [0.3, 0.4) is 0 Å². The average Bonchev–Trinajstić information content (AvgIpc) is 2.93. The molecule has 1 aromatic rings. The zero-order valence-corrected chi connectivity index (χ0v) is 11.2. The quantitative estimate of drug-likeness (QED) is 0.728. The molecule has 2 rings (SSSR count). The molecule has 0 radical (unpaired) electrons. The number of hydrogen-bond acceptors (Lipinski definition) is 3. The number of rotatable bonds is 7. The number of nitrogens with one attached hydrogen (secondary N) is 1. The summed E-state index contributed by atoms with van der Waals surface area (Å²) in [6.45, 7) is 4.28. The molecule has 0 amide bonds. The van der Waals surface area contributed by atoms with Crippen molar-refractivity contribution >= 4 is 11.4 Å². The number of unbranched alkanes of at least 4 members (excludes halogenated alkanes) is 2. The molecular formula is C15H25N3. The predicted octanol–water partition coefficient (Wildman–Crippen LogP) is 2.83. The molecule has 0 saturated carbocycles. The first-order valence-electron chi connectivity index (χ1n) is 7.19. The van der Waals surface area contributed by atoms with Gasteiger partial charge in [-0.05, 0) is 56.5 Å². The summed E-state index contributed by atoms with van der Waals surface area (Å²) in [4.78, 5) is 2.46. The Morgan fingerprint density at radius 1 is 1.00 bits per heavy atom. The van der Waals surface area contributed by atoms with Crippen molar-refractivity contribution in [3.63, 3.8) is 0 Å². The number of benzene rings is 1. The van der Waals surface area contributed by atoms with E-state index in [1.165, 1.54) is 50.1 Å². The monoisotopic (exact) mass is 247 g/mol. The maximum Gasteiger partial charge on any atom is 0.0367 e.